The summed E-state index contributed by atoms with van der Waals surface area (Å²) in [7, 11) is 0. The van der Waals surface area contributed by atoms with Crippen LogP contribution >= 0.6 is 11.3 Å². The van der Waals surface area contributed by atoms with E-state index in [1.54, 1.807) is 11.3 Å². The maximum Gasteiger partial charge on any atom is 0.256 e. The van der Waals surface area contributed by atoms with Crippen LogP contribution in [0.2, 0.25) is 0 Å². The van der Waals surface area contributed by atoms with E-state index in [0.29, 0.717) is 25.0 Å². The van der Waals surface area contributed by atoms with E-state index in [2.05, 4.69) is 5.32 Å². The van der Waals surface area contributed by atoms with E-state index in [-0.39, 0.29) is 23.3 Å². The third-order valence-electron chi connectivity index (χ3n) is 5.28. The van der Waals surface area contributed by atoms with Gasteiger partial charge in [-0.1, -0.05) is 6.92 Å². The number of fused-ring (bicyclic) bond motifs is 5. The molecule has 0 unspecified atom stereocenters. The van der Waals surface area contributed by atoms with Crippen LogP contribution in [0.3, 0.4) is 0 Å². The number of amides is 2. The van der Waals surface area contributed by atoms with Crippen molar-refractivity contribution in [3.05, 3.63) is 16.0 Å². The topological polar surface area (TPSA) is 58.6 Å². The number of nitrogens with zero attached hydrogens (tertiary/aromatic N) is 1. The molecule has 3 aliphatic heterocycles. The van der Waals surface area contributed by atoms with Crippen LogP contribution in [0.4, 0.5) is 5.00 Å². The second-order valence-corrected chi connectivity index (χ2v) is 8.70. The van der Waals surface area contributed by atoms with Gasteiger partial charge in [0.15, 0.2) is 0 Å². The summed E-state index contributed by atoms with van der Waals surface area (Å²) < 4.78 is 5.89. The number of hydrogen-bond acceptors (Lipinski definition) is 4. The van der Waals surface area contributed by atoms with Crippen LogP contribution in [0.25, 0.3) is 0 Å². The lowest BCUT2D eigenvalue weighted by atomic mass is 9.91. The van der Waals surface area contributed by atoms with Gasteiger partial charge in [-0.2, -0.15) is 0 Å². The van der Waals surface area contributed by atoms with E-state index in [9.17, 15) is 9.59 Å². The highest BCUT2D eigenvalue weighted by atomic mass is 32.1. The molecule has 23 heavy (non-hydrogen) atoms. The Morgan fingerprint density at radius 3 is 2.78 bits per heavy atom. The molecule has 0 saturated carbocycles. The molecule has 1 aromatic heterocycles. The third kappa shape index (κ3) is 2.01. The van der Waals surface area contributed by atoms with Crippen molar-refractivity contribution in [2.75, 3.05) is 4.90 Å². The van der Waals surface area contributed by atoms with Gasteiger partial charge in [-0.15, -0.1) is 11.3 Å². The first-order chi connectivity index (χ1) is 10.8. The van der Waals surface area contributed by atoms with Gasteiger partial charge in [-0.25, -0.2) is 0 Å². The molecule has 0 radical (unpaired) electrons. The Morgan fingerprint density at radius 2 is 2.09 bits per heavy atom. The highest BCUT2D eigenvalue weighted by Gasteiger charge is 2.54. The molecule has 0 spiro atoms. The largest absolute Gasteiger partial charge is 0.370 e. The summed E-state index contributed by atoms with van der Waals surface area (Å²) in [6.07, 6.45) is 2.19. The van der Waals surface area contributed by atoms with E-state index in [1.165, 1.54) is 0 Å². The lowest BCUT2D eigenvalue weighted by Crippen LogP contribution is -2.59. The van der Waals surface area contributed by atoms with Crippen LogP contribution in [0, 0.1) is 5.92 Å². The Bertz CT molecular complexity index is 724. The fourth-order valence-corrected chi connectivity index (χ4v) is 5.42. The highest BCUT2D eigenvalue weighted by Crippen LogP contribution is 2.49. The molecule has 0 bridgehead atoms. The van der Waals surface area contributed by atoms with Crippen LogP contribution in [-0.2, 0) is 22.6 Å². The minimum atomic E-state index is -0.592. The van der Waals surface area contributed by atoms with Crippen LogP contribution in [-0.4, -0.2) is 23.1 Å². The van der Waals surface area contributed by atoms with Gasteiger partial charge in [0.2, 0.25) is 5.91 Å². The van der Waals surface area contributed by atoms with Gasteiger partial charge in [-0.3, -0.25) is 14.5 Å². The summed E-state index contributed by atoms with van der Waals surface area (Å²) in [4.78, 5) is 28.6. The summed E-state index contributed by atoms with van der Waals surface area (Å²) in [5, 5.41) is 3.92. The van der Waals surface area contributed by atoms with Gasteiger partial charge < -0.3 is 10.1 Å². The van der Waals surface area contributed by atoms with Crippen molar-refractivity contribution < 1.29 is 14.3 Å². The highest BCUT2D eigenvalue weighted by molar-refractivity contribution is 7.17. The van der Waals surface area contributed by atoms with Crippen LogP contribution in [0.5, 0.6) is 0 Å². The Balaban J connectivity index is 1.87. The number of ether oxygens (including phenoxy) is 1. The molecule has 1 aromatic rings. The van der Waals surface area contributed by atoms with E-state index in [4.69, 9.17) is 4.74 Å². The standard InChI is InChI=1S/C17H22N2O3S/c1-5-9-6-17(4)18-13(20)12-10-7-16(2,3)22-8-11(10)23-15(12)19(17)14(9)21/h9H,5-8H2,1-4H3,(H,18,20)/t9-,17+/m0/s1. The zero-order valence-electron chi connectivity index (χ0n) is 14.0. The Morgan fingerprint density at radius 1 is 1.35 bits per heavy atom. The molecule has 4 heterocycles. The first kappa shape index (κ1) is 15.1. The van der Waals surface area contributed by atoms with Crippen molar-refractivity contribution in [3.63, 3.8) is 0 Å². The summed E-state index contributed by atoms with van der Waals surface area (Å²) in [5.41, 5.74) is 0.896. The lowest BCUT2D eigenvalue weighted by Gasteiger charge is -2.39. The minimum Gasteiger partial charge on any atom is -0.370 e. The van der Waals surface area contributed by atoms with E-state index < -0.39 is 5.66 Å². The molecule has 5 nitrogen and oxygen atoms in total. The second kappa shape index (κ2) is 4.57. The zero-order valence-corrected chi connectivity index (χ0v) is 14.8. The smallest absolute Gasteiger partial charge is 0.256 e. The fraction of sp³-hybridized carbons (Fsp3) is 0.647. The molecule has 0 aliphatic carbocycles. The van der Waals surface area contributed by atoms with E-state index in [0.717, 1.165) is 21.9 Å². The molecule has 2 amide bonds. The monoisotopic (exact) mass is 334 g/mol. The summed E-state index contributed by atoms with van der Waals surface area (Å²) >= 11 is 1.55. The number of carbonyl (C=O) groups is 2. The summed E-state index contributed by atoms with van der Waals surface area (Å²) in [6, 6.07) is 0. The third-order valence-corrected chi connectivity index (χ3v) is 6.47. The Labute approximate surface area is 140 Å². The molecule has 6 heteroatoms. The SMILES string of the molecule is CC[C@H]1C[C@]2(C)NC(=O)c3c(sc4c3CC(C)(C)OC4)N2C1=O. The van der Waals surface area contributed by atoms with Crippen LogP contribution in [0.15, 0.2) is 0 Å². The quantitative estimate of drug-likeness (QED) is 0.859. The number of thiophene rings is 1. The van der Waals surface area contributed by atoms with Crippen molar-refractivity contribution in [3.8, 4) is 0 Å². The zero-order chi connectivity index (χ0) is 16.6. The number of nitrogens with one attached hydrogen (secondary N) is 1. The number of carbonyl (C=O) groups excluding carboxylic acids is 2. The molecule has 124 valence electrons. The van der Waals surface area contributed by atoms with Gasteiger partial charge in [0.1, 0.15) is 10.7 Å². The summed E-state index contributed by atoms with van der Waals surface area (Å²) in [5.74, 6) is 0.0756. The van der Waals surface area contributed by atoms with Gasteiger partial charge in [0.25, 0.3) is 5.91 Å². The summed E-state index contributed by atoms with van der Waals surface area (Å²) in [6.45, 7) is 8.59. The second-order valence-electron chi connectivity index (χ2n) is 7.62. The molecule has 3 aliphatic rings. The van der Waals surface area contributed by atoms with Gasteiger partial charge in [-0.05, 0) is 32.8 Å². The van der Waals surface area contributed by atoms with E-state index >= 15 is 0 Å². The average Bonchev–Trinajstić information content (AvgIpc) is 2.92. The molecule has 1 saturated heterocycles. The van der Waals surface area contributed by atoms with Gasteiger partial charge >= 0.3 is 0 Å². The normalized spacial score (nSPS) is 31.5. The van der Waals surface area contributed by atoms with Gasteiger partial charge in [0.05, 0.1) is 17.8 Å². The maximum absolute atomic E-state index is 12.8. The molecule has 4 rings (SSSR count). The molecular formula is C17H22N2O3S. The molecule has 0 aromatic carbocycles. The van der Waals surface area contributed by atoms with Crippen LogP contribution < -0.4 is 10.2 Å². The van der Waals surface area contributed by atoms with Crippen molar-refractivity contribution in [1.29, 1.82) is 0 Å². The minimum absolute atomic E-state index is 0.0157. The van der Waals surface area contributed by atoms with Crippen molar-refractivity contribution in [2.24, 2.45) is 5.92 Å². The maximum atomic E-state index is 12.8. The first-order valence-corrected chi connectivity index (χ1v) is 9.02. The Hall–Kier alpha value is -1.40. The average molecular weight is 334 g/mol. The van der Waals surface area contributed by atoms with Crippen LogP contribution in [0.1, 0.15) is 61.3 Å². The fourth-order valence-electron chi connectivity index (χ4n) is 4.07. The number of hydrogen-bond donors (Lipinski definition) is 1. The molecule has 2 atom stereocenters. The van der Waals surface area contributed by atoms with Crippen molar-refractivity contribution >= 4 is 28.2 Å². The predicted molar refractivity (Wildman–Crippen MR) is 88.6 cm³/mol. The number of rotatable bonds is 1. The Kier molecular flexibility index (Phi) is 3.01. The molecular weight excluding hydrogens is 312 g/mol. The van der Waals surface area contributed by atoms with Crippen molar-refractivity contribution in [2.45, 2.75) is 64.8 Å². The van der Waals surface area contributed by atoms with E-state index in [1.807, 2.05) is 32.6 Å². The lowest BCUT2D eigenvalue weighted by molar-refractivity contribution is -0.120. The van der Waals surface area contributed by atoms with Crippen molar-refractivity contribution in [1.82, 2.24) is 5.32 Å². The molecule has 1 fully saturated rings. The molecule has 1 N–H and O–H groups in total. The number of anilines is 1. The first-order valence-electron chi connectivity index (χ1n) is 8.21. The van der Waals surface area contributed by atoms with Gasteiger partial charge in [0, 0.05) is 23.6 Å². The predicted octanol–water partition coefficient (Wildman–Crippen LogP) is 2.82.